The Labute approximate surface area is 155 Å². The molecule has 1 heterocycles. The Kier molecular flexibility index (Phi) is 5.23. The number of methoxy groups -OCH3 is 1. The molecular weight excluding hydrogens is 357 g/mol. The average Bonchev–Trinajstić information content (AvgIpc) is 2.96. The zero-order valence-corrected chi connectivity index (χ0v) is 15.0. The molecule has 3 aromatic rings. The van der Waals surface area contributed by atoms with Gasteiger partial charge in [-0.15, -0.1) is 0 Å². The average molecular weight is 374 g/mol. The van der Waals surface area contributed by atoms with Crippen LogP contribution in [0.2, 0.25) is 5.02 Å². The third kappa shape index (κ3) is 3.86. The van der Waals surface area contributed by atoms with Crippen LogP contribution in [0.1, 0.15) is 21.6 Å². The standard InChI is InChI=1S/C19H17ClFN3O2/c1-12-9-18(22-19(25)15-5-3-4-6-17(15)26-2)23-24(12)11-13-7-8-14(21)10-16(13)20/h3-10H,11H2,1-2H3,(H,22,23,25). The number of ether oxygens (including phenoxy) is 1. The van der Waals surface area contributed by atoms with Crippen LogP contribution in [0.15, 0.2) is 48.5 Å². The van der Waals surface area contributed by atoms with Gasteiger partial charge in [0, 0.05) is 16.8 Å². The van der Waals surface area contributed by atoms with Gasteiger partial charge >= 0.3 is 0 Å². The maximum atomic E-state index is 13.2. The summed E-state index contributed by atoms with van der Waals surface area (Å²) in [5.41, 5.74) is 1.99. The lowest BCUT2D eigenvalue weighted by molar-refractivity contribution is 0.102. The van der Waals surface area contributed by atoms with Gasteiger partial charge in [-0.3, -0.25) is 9.48 Å². The van der Waals surface area contributed by atoms with Crippen molar-refractivity contribution in [1.82, 2.24) is 9.78 Å². The molecule has 0 aliphatic heterocycles. The Morgan fingerprint density at radius 3 is 2.77 bits per heavy atom. The lowest BCUT2D eigenvalue weighted by atomic mass is 10.2. The first-order valence-corrected chi connectivity index (χ1v) is 8.28. The van der Waals surface area contributed by atoms with E-state index < -0.39 is 0 Å². The second-order valence-electron chi connectivity index (χ2n) is 5.72. The van der Waals surface area contributed by atoms with E-state index in [2.05, 4.69) is 10.4 Å². The zero-order chi connectivity index (χ0) is 18.7. The third-order valence-corrected chi connectivity index (χ3v) is 4.26. The molecule has 5 nitrogen and oxygen atoms in total. The molecular formula is C19H17ClFN3O2. The number of amides is 1. The van der Waals surface area contributed by atoms with Crippen molar-refractivity contribution < 1.29 is 13.9 Å². The van der Waals surface area contributed by atoms with E-state index >= 15 is 0 Å². The van der Waals surface area contributed by atoms with Crippen molar-refractivity contribution >= 4 is 23.3 Å². The van der Waals surface area contributed by atoms with Crippen molar-refractivity contribution in [2.24, 2.45) is 0 Å². The summed E-state index contributed by atoms with van der Waals surface area (Å²) < 4.78 is 20.1. The predicted molar refractivity (Wildman–Crippen MR) is 98.4 cm³/mol. The number of aromatic nitrogens is 2. The van der Waals surface area contributed by atoms with Crippen LogP contribution in [0, 0.1) is 12.7 Å². The van der Waals surface area contributed by atoms with E-state index in [9.17, 15) is 9.18 Å². The van der Waals surface area contributed by atoms with Crippen molar-refractivity contribution in [3.63, 3.8) is 0 Å². The Bertz CT molecular complexity index is 956. The minimum Gasteiger partial charge on any atom is -0.496 e. The Morgan fingerprint density at radius 2 is 2.04 bits per heavy atom. The highest BCUT2D eigenvalue weighted by Gasteiger charge is 2.14. The Balaban J connectivity index is 1.78. The molecule has 1 aromatic heterocycles. The van der Waals surface area contributed by atoms with Crippen molar-refractivity contribution in [2.45, 2.75) is 13.5 Å². The Morgan fingerprint density at radius 1 is 1.27 bits per heavy atom. The van der Waals surface area contributed by atoms with Gasteiger partial charge in [0.2, 0.25) is 0 Å². The maximum Gasteiger partial charge on any atom is 0.260 e. The highest BCUT2D eigenvalue weighted by Crippen LogP contribution is 2.21. The molecule has 1 N–H and O–H groups in total. The largest absolute Gasteiger partial charge is 0.496 e. The van der Waals surface area contributed by atoms with E-state index in [1.807, 2.05) is 6.92 Å². The zero-order valence-electron chi connectivity index (χ0n) is 14.3. The van der Waals surface area contributed by atoms with Crippen LogP contribution in [0.4, 0.5) is 10.2 Å². The summed E-state index contributed by atoms with van der Waals surface area (Å²) in [5, 5.41) is 7.47. The predicted octanol–water partition coefficient (Wildman–Crippen LogP) is 4.29. The monoisotopic (exact) mass is 373 g/mol. The Hall–Kier alpha value is -2.86. The van der Waals surface area contributed by atoms with Crippen molar-refractivity contribution in [3.8, 4) is 5.75 Å². The van der Waals surface area contributed by atoms with Gasteiger partial charge in [0.1, 0.15) is 11.6 Å². The van der Waals surface area contributed by atoms with Crippen molar-refractivity contribution in [3.05, 3.63) is 76.2 Å². The first-order chi connectivity index (χ1) is 12.5. The molecule has 0 aliphatic carbocycles. The summed E-state index contributed by atoms with van der Waals surface area (Å²) in [6.45, 7) is 2.23. The second kappa shape index (κ2) is 7.58. The maximum absolute atomic E-state index is 13.2. The van der Waals surface area contributed by atoms with Crippen LogP contribution < -0.4 is 10.1 Å². The minimum atomic E-state index is -0.388. The number of benzene rings is 2. The summed E-state index contributed by atoms with van der Waals surface area (Å²) in [6.07, 6.45) is 0. The molecule has 0 unspecified atom stereocenters. The smallest absolute Gasteiger partial charge is 0.260 e. The lowest BCUT2D eigenvalue weighted by Crippen LogP contribution is -2.14. The number of nitrogens with one attached hydrogen (secondary N) is 1. The molecule has 3 rings (SSSR count). The van der Waals surface area contributed by atoms with E-state index in [-0.39, 0.29) is 11.7 Å². The molecule has 26 heavy (non-hydrogen) atoms. The number of nitrogens with zero attached hydrogens (tertiary/aromatic N) is 2. The van der Waals surface area contributed by atoms with Crippen molar-refractivity contribution in [2.75, 3.05) is 12.4 Å². The van der Waals surface area contributed by atoms with Crippen LogP contribution >= 0.6 is 11.6 Å². The fraction of sp³-hybridized carbons (Fsp3) is 0.158. The number of carbonyl (C=O) groups is 1. The summed E-state index contributed by atoms with van der Waals surface area (Å²) in [5.74, 6) is 0.198. The molecule has 134 valence electrons. The molecule has 0 fully saturated rings. The number of hydrogen-bond donors (Lipinski definition) is 1. The molecule has 0 saturated carbocycles. The number of aryl methyl sites for hydroxylation is 1. The number of anilines is 1. The summed E-state index contributed by atoms with van der Waals surface area (Å²) in [4.78, 5) is 12.5. The van der Waals surface area contributed by atoms with E-state index in [0.29, 0.717) is 28.7 Å². The highest BCUT2D eigenvalue weighted by molar-refractivity contribution is 6.31. The number of rotatable bonds is 5. The van der Waals surface area contributed by atoms with Gasteiger partial charge in [-0.2, -0.15) is 5.10 Å². The van der Waals surface area contributed by atoms with Gasteiger partial charge in [-0.25, -0.2) is 4.39 Å². The molecule has 0 atom stereocenters. The van der Waals surface area contributed by atoms with Gasteiger partial charge in [0.15, 0.2) is 5.82 Å². The molecule has 0 spiro atoms. The van der Waals surface area contributed by atoms with Crippen LogP contribution in [-0.4, -0.2) is 22.8 Å². The molecule has 1 amide bonds. The number of hydrogen-bond acceptors (Lipinski definition) is 3. The number of para-hydroxylation sites is 1. The first kappa shape index (κ1) is 17.9. The quantitative estimate of drug-likeness (QED) is 0.725. The summed E-state index contributed by atoms with van der Waals surface area (Å²) >= 11 is 6.07. The van der Waals surface area contributed by atoms with E-state index in [4.69, 9.17) is 16.3 Å². The second-order valence-corrected chi connectivity index (χ2v) is 6.13. The van der Waals surface area contributed by atoms with Crippen LogP contribution in [0.5, 0.6) is 5.75 Å². The van der Waals surface area contributed by atoms with Crippen LogP contribution in [0.25, 0.3) is 0 Å². The first-order valence-electron chi connectivity index (χ1n) is 7.90. The lowest BCUT2D eigenvalue weighted by Gasteiger charge is -2.08. The van der Waals surface area contributed by atoms with Gasteiger partial charge < -0.3 is 10.1 Å². The molecule has 0 saturated heterocycles. The number of carbonyl (C=O) groups excluding carboxylic acids is 1. The summed E-state index contributed by atoms with van der Waals surface area (Å²) in [7, 11) is 1.51. The fourth-order valence-electron chi connectivity index (χ4n) is 2.56. The van der Waals surface area contributed by atoms with Gasteiger partial charge in [-0.05, 0) is 36.8 Å². The fourth-order valence-corrected chi connectivity index (χ4v) is 2.79. The van der Waals surface area contributed by atoms with E-state index in [0.717, 1.165) is 11.3 Å². The molecule has 7 heteroatoms. The van der Waals surface area contributed by atoms with E-state index in [1.165, 1.54) is 19.2 Å². The molecule has 0 bridgehead atoms. The van der Waals surface area contributed by atoms with Gasteiger partial charge in [-0.1, -0.05) is 29.8 Å². The third-order valence-electron chi connectivity index (χ3n) is 3.91. The van der Waals surface area contributed by atoms with E-state index in [1.54, 1.807) is 41.1 Å². The topological polar surface area (TPSA) is 56.1 Å². The molecule has 0 radical (unpaired) electrons. The van der Waals surface area contributed by atoms with Crippen LogP contribution in [-0.2, 0) is 6.54 Å². The molecule has 2 aromatic carbocycles. The SMILES string of the molecule is COc1ccccc1C(=O)Nc1cc(C)n(Cc2ccc(F)cc2Cl)n1. The summed E-state index contributed by atoms with van der Waals surface area (Å²) in [6, 6.07) is 12.9. The molecule has 0 aliphatic rings. The van der Waals surface area contributed by atoms with Gasteiger partial charge in [0.05, 0.1) is 19.2 Å². The number of halogens is 2. The van der Waals surface area contributed by atoms with Crippen molar-refractivity contribution in [1.29, 1.82) is 0 Å². The van der Waals surface area contributed by atoms with Gasteiger partial charge in [0.25, 0.3) is 5.91 Å². The van der Waals surface area contributed by atoms with Crippen LogP contribution in [0.3, 0.4) is 0 Å². The highest BCUT2D eigenvalue weighted by atomic mass is 35.5. The normalized spacial score (nSPS) is 10.6. The minimum absolute atomic E-state index is 0.313.